The van der Waals surface area contributed by atoms with E-state index in [4.69, 9.17) is 10.2 Å². The fourth-order valence-corrected chi connectivity index (χ4v) is 1.26. The van der Waals surface area contributed by atoms with Crippen molar-refractivity contribution in [3.05, 3.63) is 12.2 Å². The third-order valence-corrected chi connectivity index (χ3v) is 2.03. The van der Waals surface area contributed by atoms with Gasteiger partial charge in [0.1, 0.15) is 0 Å². The Balaban J connectivity index is 0. The number of rotatable bonds is 9. The first-order valence-electron chi connectivity index (χ1n) is 6.42. The minimum atomic E-state index is -0.740. The molecule has 2 N–H and O–H groups in total. The van der Waals surface area contributed by atoms with Crippen molar-refractivity contribution < 1.29 is 19.8 Å². The SMILES string of the molecule is C=C(C)C.O=C(O)CCCCCCCCC(=O)O. The van der Waals surface area contributed by atoms with Crippen LogP contribution >= 0.6 is 0 Å². The monoisotopic (exact) mass is 258 g/mol. The molecule has 0 amide bonds. The average Bonchev–Trinajstić information content (AvgIpc) is 2.20. The zero-order chi connectivity index (χ0) is 14.4. The van der Waals surface area contributed by atoms with Gasteiger partial charge < -0.3 is 10.2 Å². The van der Waals surface area contributed by atoms with Crippen LogP contribution in [0.4, 0.5) is 0 Å². The second-order valence-electron chi connectivity index (χ2n) is 4.62. The van der Waals surface area contributed by atoms with Gasteiger partial charge in [0.05, 0.1) is 0 Å². The average molecular weight is 258 g/mol. The van der Waals surface area contributed by atoms with E-state index < -0.39 is 11.9 Å². The van der Waals surface area contributed by atoms with Gasteiger partial charge in [-0.25, -0.2) is 0 Å². The van der Waals surface area contributed by atoms with Gasteiger partial charge >= 0.3 is 11.9 Å². The minimum absolute atomic E-state index is 0.245. The lowest BCUT2D eigenvalue weighted by molar-refractivity contribution is -0.138. The molecule has 0 atom stereocenters. The fraction of sp³-hybridized carbons (Fsp3) is 0.714. The topological polar surface area (TPSA) is 74.6 Å². The molecule has 0 spiro atoms. The number of allylic oxidation sites excluding steroid dienone is 1. The molecule has 0 bridgehead atoms. The van der Waals surface area contributed by atoms with E-state index in [0.717, 1.165) is 38.5 Å². The summed E-state index contributed by atoms with van der Waals surface area (Å²) in [5.41, 5.74) is 1.17. The molecule has 0 unspecified atom stereocenters. The van der Waals surface area contributed by atoms with Crippen LogP contribution in [0.25, 0.3) is 0 Å². The molecule has 0 radical (unpaired) electrons. The summed E-state index contributed by atoms with van der Waals surface area (Å²) in [5, 5.41) is 16.7. The van der Waals surface area contributed by atoms with Gasteiger partial charge in [-0.15, -0.1) is 6.58 Å². The maximum Gasteiger partial charge on any atom is 0.303 e. The second kappa shape index (κ2) is 13.7. The lowest BCUT2D eigenvalue weighted by Gasteiger charge is -1.98. The van der Waals surface area contributed by atoms with Gasteiger partial charge in [-0.3, -0.25) is 9.59 Å². The molecule has 0 fully saturated rings. The lowest BCUT2D eigenvalue weighted by atomic mass is 10.1. The molecule has 4 heteroatoms. The molecule has 0 aliphatic rings. The number of hydrogen-bond acceptors (Lipinski definition) is 2. The van der Waals surface area contributed by atoms with Gasteiger partial charge in [-0.2, -0.15) is 0 Å². The van der Waals surface area contributed by atoms with Crippen LogP contribution in [0.3, 0.4) is 0 Å². The molecule has 0 rings (SSSR count). The van der Waals surface area contributed by atoms with Crippen molar-refractivity contribution in [3.63, 3.8) is 0 Å². The first-order valence-corrected chi connectivity index (χ1v) is 6.42. The van der Waals surface area contributed by atoms with Crippen molar-refractivity contribution >= 4 is 11.9 Å². The van der Waals surface area contributed by atoms with Gasteiger partial charge in [0.2, 0.25) is 0 Å². The molecular formula is C14H26O4. The standard InChI is InChI=1S/C10H18O4.C4H8/c11-9(12)7-5-3-1-2-4-6-8-10(13)14;1-4(2)3/h1-8H2,(H,11,12)(H,13,14);1H2,2-3H3. The molecule has 0 aromatic heterocycles. The molecule has 0 heterocycles. The summed E-state index contributed by atoms with van der Waals surface area (Å²) < 4.78 is 0. The maximum absolute atomic E-state index is 10.1. The van der Waals surface area contributed by atoms with Crippen molar-refractivity contribution in [1.82, 2.24) is 0 Å². The van der Waals surface area contributed by atoms with Crippen molar-refractivity contribution in [2.24, 2.45) is 0 Å². The van der Waals surface area contributed by atoms with Crippen molar-refractivity contribution in [2.75, 3.05) is 0 Å². The predicted molar refractivity (Wildman–Crippen MR) is 72.7 cm³/mol. The van der Waals surface area contributed by atoms with Crippen molar-refractivity contribution in [1.29, 1.82) is 0 Å². The molecule has 0 aromatic carbocycles. The summed E-state index contributed by atoms with van der Waals surface area (Å²) in [6.07, 6.45) is 5.82. The van der Waals surface area contributed by atoms with Crippen LogP contribution in [-0.4, -0.2) is 22.2 Å². The first kappa shape index (κ1) is 19.0. The molecule has 18 heavy (non-hydrogen) atoms. The molecule has 0 saturated carbocycles. The van der Waals surface area contributed by atoms with Crippen LogP contribution in [0.2, 0.25) is 0 Å². The Morgan fingerprint density at radius 3 is 1.22 bits per heavy atom. The summed E-state index contributed by atoms with van der Waals surface area (Å²) in [5.74, 6) is -1.48. The van der Waals surface area contributed by atoms with E-state index in [1.165, 1.54) is 5.57 Å². The molecule has 0 aromatic rings. The number of carboxylic acid groups (broad SMARTS) is 2. The number of hydrogen-bond donors (Lipinski definition) is 2. The number of unbranched alkanes of at least 4 members (excludes halogenated alkanes) is 5. The van der Waals surface area contributed by atoms with Gasteiger partial charge in [-0.1, -0.05) is 31.3 Å². The summed E-state index contributed by atoms with van der Waals surface area (Å²) in [7, 11) is 0. The number of carbonyl (C=O) groups is 2. The van der Waals surface area contributed by atoms with E-state index in [0.29, 0.717) is 0 Å². The Hall–Kier alpha value is -1.32. The fourth-order valence-electron chi connectivity index (χ4n) is 1.26. The van der Waals surface area contributed by atoms with E-state index in [2.05, 4.69) is 6.58 Å². The molecule has 0 aliphatic heterocycles. The number of carboxylic acids is 2. The Bertz CT molecular complexity index is 222. The second-order valence-corrected chi connectivity index (χ2v) is 4.62. The minimum Gasteiger partial charge on any atom is -0.481 e. The molecule has 4 nitrogen and oxygen atoms in total. The van der Waals surface area contributed by atoms with Crippen LogP contribution in [0.15, 0.2) is 12.2 Å². The lowest BCUT2D eigenvalue weighted by Crippen LogP contribution is -1.94. The zero-order valence-corrected chi connectivity index (χ0v) is 11.6. The van der Waals surface area contributed by atoms with E-state index in [-0.39, 0.29) is 12.8 Å². The zero-order valence-electron chi connectivity index (χ0n) is 11.6. The highest BCUT2D eigenvalue weighted by molar-refractivity contribution is 5.66. The first-order chi connectivity index (χ1) is 8.36. The Morgan fingerprint density at radius 2 is 1.00 bits per heavy atom. The quantitative estimate of drug-likeness (QED) is 0.486. The molecule has 0 aliphatic carbocycles. The summed E-state index contributed by atoms with van der Waals surface area (Å²) in [6.45, 7) is 7.50. The highest BCUT2D eigenvalue weighted by Gasteiger charge is 1.98. The van der Waals surface area contributed by atoms with E-state index in [1.54, 1.807) is 0 Å². The van der Waals surface area contributed by atoms with Crippen LogP contribution in [0.5, 0.6) is 0 Å². The predicted octanol–water partition coefficient (Wildman–Crippen LogP) is 3.86. The van der Waals surface area contributed by atoms with Gasteiger partial charge in [0.25, 0.3) is 0 Å². The normalized spacial score (nSPS) is 9.22. The van der Waals surface area contributed by atoms with E-state index in [1.807, 2.05) is 13.8 Å². The Morgan fingerprint density at radius 1 is 0.778 bits per heavy atom. The highest BCUT2D eigenvalue weighted by atomic mass is 16.4. The molecular weight excluding hydrogens is 232 g/mol. The van der Waals surface area contributed by atoms with E-state index >= 15 is 0 Å². The van der Waals surface area contributed by atoms with Crippen molar-refractivity contribution in [3.8, 4) is 0 Å². The van der Waals surface area contributed by atoms with Crippen molar-refractivity contribution in [2.45, 2.75) is 65.2 Å². The third kappa shape index (κ3) is 29.3. The highest BCUT2D eigenvalue weighted by Crippen LogP contribution is 2.08. The smallest absolute Gasteiger partial charge is 0.303 e. The Kier molecular flexibility index (Phi) is 14.5. The summed E-state index contributed by atoms with van der Waals surface area (Å²) in [4.78, 5) is 20.3. The van der Waals surface area contributed by atoms with Gasteiger partial charge in [0, 0.05) is 12.8 Å². The van der Waals surface area contributed by atoms with Gasteiger partial charge in [0.15, 0.2) is 0 Å². The van der Waals surface area contributed by atoms with E-state index in [9.17, 15) is 9.59 Å². The summed E-state index contributed by atoms with van der Waals surface area (Å²) >= 11 is 0. The van der Waals surface area contributed by atoms with Crippen LogP contribution in [-0.2, 0) is 9.59 Å². The van der Waals surface area contributed by atoms with Crippen LogP contribution in [0, 0.1) is 0 Å². The van der Waals surface area contributed by atoms with Crippen LogP contribution in [0.1, 0.15) is 65.2 Å². The molecule has 0 saturated heterocycles. The number of aliphatic carboxylic acids is 2. The molecule has 106 valence electrons. The third-order valence-electron chi connectivity index (χ3n) is 2.03. The Labute approximate surface area is 110 Å². The van der Waals surface area contributed by atoms with Crippen LogP contribution < -0.4 is 0 Å². The largest absolute Gasteiger partial charge is 0.481 e. The maximum atomic E-state index is 10.1. The summed E-state index contributed by atoms with van der Waals surface area (Å²) in [6, 6.07) is 0. The van der Waals surface area contributed by atoms with Gasteiger partial charge in [-0.05, 0) is 26.7 Å².